The highest BCUT2D eigenvalue weighted by Crippen LogP contribution is 2.19. The maximum Gasteiger partial charge on any atom is 0.318 e. The molecule has 5 heteroatoms. The van der Waals surface area contributed by atoms with Gasteiger partial charge in [-0.15, -0.1) is 0 Å². The molecule has 0 bridgehead atoms. The Hall–Kier alpha value is -1.91. The van der Waals surface area contributed by atoms with Gasteiger partial charge in [-0.3, -0.25) is 14.4 Å². The third-order valence-corrected chi connectivity index (χ3v) is 2.86. The number of methoxy groups -OCH3 is 1. The topological polar surface area (TPSA) is 65.4 Å². The Labute approximate surface area is 105 Å². The maximum atomic E-state index is 12.0. The number of hydrogen-bond donors (Lipinski definition) is 0. The first kappa shape index (κ1) is 14.2. The van der Waals surface area contributed by atoms with Crippen molar-refractivity contribution in [3.8, 4) is 0 Å². The molecule has 0 radical (unpaired) electrons. The Bertz CT molecular complexity index is 528. The summed E-state index contributed by atoms with van der Waals surface area (Å²) in [6.45, 7) is 4.63. The van der Waals surface area contributed by atoms with Crippen molar-refractivity contribution in [1.29, 1.82) is 0 Å². The summed E-state index contributed by atoms with van der Waals surface area (Å²) in [5, 5.41) is 0. The molecule has 1 rings (SSSR count). The fraction of sp³-hybridized carbons (Fsp3) is 0.462. The lowest BCUT2D eigenvalue weighted by atomic mass is 9.88. The summed E-state index contributed by atoms with van der Waals surface area (Å²) in [7, 11) is 1.23. The third-order valence-electron chi connectivity index (χ3n) is 2.86. The minimum Gasteiger partial charge on any atom is -0.468 e. The molecule has 0 spiro atoms. The summed E-state index contributed by atoms with van der Waals surface area (Å²) in [6.07, 6.45) is 1.54. The second-order valence-corrected chi connectivity index (χ2v) is 4.71. The average molecular weight is 251 g/mol. The molecule has 0 fully saturated rings. The number of pyridine rings is 1. The van der Waals surface area contributed by atoms with E-state index in [-0.39, 0.29) is 17.9 Å². The number of aromatic nitrogens is 1. The summed E-state index contributed by atoms with van der Waals surface area (Å²) < 4.78 is 5.85. The van der Waals surface area contributed by atoms with E-state index in [1.807, 2.05) is 0 Å². The molecule has 0 N–H and O–H groups in total. The quantitative estimate of drug-likeness (QED) is 0.589. The van der Waals surface area contributed by atoms with E-state index in [1.54, 1.807) is 19.2 Å². The minimum absolute atomic E-state index is 0.138. The van der Waals surface area contributed by atoms with Crippen LogP contribution in [0, 0.1) is 12.3 Å². The molecule has 0 atom stereocenters. The second-order valence-electron chi connectivity index (χ2n) is 4.71. The van der Waals surface area contributed by atoms with Gasteiger partial charge in [0.2, 0.25) is 0 Å². The molecule has 0 aromatic carbocycles. The molecule has 0 unspecified atom stereocenters. The molecule has 1 aromatic rings. The first-order chi connectivity index (χ1) is 8.28. The van der Waals surface area contributed by atoms with E-state index in [0.717, 1.165) is 5.56 Å². The van der Waals surface area contributed by atoms with Crippen LogP contribution in [0.1, 0.15) is 19.4 Å². The van der Waals surface area contributed by atoms with Gasteiger partial charge in [0.1, 0.15) is 5.41 Å². The van der Waals surface area contributed by atoms with Gasteiger partial charge in [0.25, 0.3) is 5.56 Å². The minimum atomic E-state index is -1.25. The van der Waals surface area contributed by atoms with Crippen LogP contribution in [-0.2, 0) is 20.9 Å². The standard InChI is InChI=1S/C13H17NO4/c1-9-5-6-14(11(16)7-9)8-10(15)13(2,3)12(17)18-4/h5-7H,8H2,1-4H3. The normalized spacial score (nSPS) is 11.1. The fourth-order valence-electron chi connectivity index (χ4n) is 1.46. The van der Waals surface area contributed by atoms with E-state index in [1.165, 1.54) is 31.6 Å². The van der Waals surface area contributed by atoms with Gasteiger partial charge < -0.3 is 9.30 Å². The highest BCUT2D eigenvalue weighted by molar-refractivity contribution is 6.02. The van der Waals surface area contributed by atoms with Gasteiger partial charge in [-0.25, -0.2) is 0 Å². The third kappa shape index (κ3) is 2.85. The van der Waals surface area contributed by atoms with Crippen LogP contribution < -0.4 is 5.56 Å². The highest BCUT2D eigenvalue weighted by Gasteiger charge is 2.36. The van der Waals surface area contributed by atoms with Crippen molar-refractivity contribution in [3.63, 3.8) is 0 Å². The van der Waals surface area contributed by atoms with Crippen LogP contribution in [0.3, 0.4) is 0 Å². The van der Waals surface area contributed by atoms with Gasteiger partial charge in [0.05, 0.1) is 13.7 Å². The van der Waals surface area contributed by atoms with Crippen molar-refractivity contribution in [2.75, 3.05) is 7.11 Å². The van der Waals surface area contributed by atoms with E-state index in [4.69, 9.17) is 0 Å². The maximum absolute atomic E-state index is 12.0. The number of ketones is 1. The fourth-order valence-corrected chi connectivity index (χ4v) is 1.46. The molecule has 0 aliphatic carbocycles. The zero-order chi connectivity index (χ0) is 13.9. The van der Waals surface area contributed by atoms with Gasteiger partial charge in [-0.2, -0.15) is 0 Å². The number of hydrogen-bond acceptors (Lipinski definition) is 4. The Morgan fingerprint density at radius 2 is 2.00 bits per heavy atom. The first-order valence-corrected chi connectivity index (χ1v) is 5.58. The number of nitrogens with zero attached hydrogens (tertiary/aromatic N) is 1. The van der Waals surface area contributed by atoms with Crippen molar-refractivity contribution in [1.82, 2.24) is 4.57 Å². The van der Waals surface area contributed by atoms with E-state index in [0.29, 0.717) is 0 Å². The highest BCUT2D eigenvalue weighted by atomic mass is 16.5. The van der Waals surface area contributed by atoms with Crippen molar-refractivity contribution < 1.29 is 14.3 Å². The number of rotatable bonds is 4. The van der Waals surface area contributed by atoms with Gasteiger partial charge in [0, 0.05) is 12.3 Å². The molecule has 98 valence electrons. The van der Waals surface area contributed by atoms with Gasteiger partial charge in [-0.05, 0) is 32.4 Å². The van der Waals surface area contributed by atoms with E-state index in [9.17, 15) is 14.4 Å². The van der Waals surface area contributed by atoms with Crippen molar-refractivity contribution in [2.24, 2.45) is 5.41 Å². The number of esters is 1. The zero-order valence-electron chi connectivity index (χ0n) is 11.0. The molecule has 0 saturated carbocycles. The van der Waals surface area contributed by atoms with Gasteiger partial charge in [-0.1, -0.05) is 0 Å². The number of carbonyl (C=O) groups is 2. The molecule has 0 amide bonds. The lowest BCUT2D eigenvalue weighted by Gasteiger charge is -2.20. The van der Waals surface area contributed by atoms with E-state index >= 15 is 0 Å². The van der Waals surface area contributed by atoms with Crippen LogP contribution in [0.25, 0.3) is 0 Å². The molecule has 1 heterocycles. The summed E-state index contributed by atoms with van der Waals surface area (Å²) in [5.41, 5.74) is -0.682. The van der Waals surface area contributed by atoms with Crippen LogP contribution >= 0.6 is 0 Å². The zero-order valence-corrected chi connectivity index (χ0v) is 11.0. The van der Waals surface area contributed by atoms with Crippen LogP contribution in [0.5, 0.6) is 0 Å². The first-order valence-electron chi connectivity index (χ1n) is 5.58. The Morgan fingerprint density at radius 3 is 2.50 bits per heavy atom. The lowest BCUT2D eigenvalue weighted by molar-refractivity contribution is -0.155. The molecule has 18 heavy (non-hydrogen) atoms. The van der Waals surface area contributed by atoms with E-state index in [2.05, 4.69) is 4.74 Å². The molecular weight excluding hydrogens is 234 g/mol. The predicted molar refractivity (Wildman–Crippen MR) is 66.2 cm³/mol. The molecule has 1 aromatic heterocycles. The Kier molecular flexibility index (Phi) is 4.06. The number of aryl methyl sites for hydroxylation is 1. The van der Waals surface area contributed by atoms with Crippen LogP contribution in [0.2, 0.25) is 0 Å². The number of Topliss-reactive ketones (excluding diaryl/α,β-unsaturated/α-hetero) is 1. The second kappa shape index (κ2) is 5.16. The molecule has 5 nitrogen and oxygen atoms in total. The molecular formula is C13H17NO4. The largest absolute Gasteiger partial charge is 0.468 e. The summed E-state index contributed by atoms with van der Waals surface area (Å²) in [6, 6.07) is 3.18. The van der Waals surface area contributed by atoms with Crippen LogP contribution in [0.15, 0.2) is 23.1 Å². The van der Waals surface area contributed by atoms with Crippen molar-refractivity contribution >= 4 is 11.8 Å². The lowest BCUT2D eigenvalue weighted by Crippen LogP contribution is -2.38. The number of ether oxygens (including phenoxy) is 1. The molecule has 0 saturated heterocycles. The Morgan fingerprint density at radius 1 is 1.39 bits per heavy atom. The summed E-state index contributed by atoms with van der Waals surface area (Å²) >= 11 is 0. The smallest absolute Gasteiger partial charge is 0.318 e. The van der Waals surface area contributed by atoms with E-state index < -0.39 is 11.4 Å². The molecule has 0 aliphatic heterocycles. The van der Waals surface area contributed by atoms with Gasteiger partial charge in [0.15, 0.2) is 5.78 Å². The monoisotopic (exact) mass is 251 g/mol. The van der Waals surface area contributed by atoms with Crippen LogP contribution in [-0.4, -0.2) is 23.4 Å². The SMILES string of the molecule is COC(=O)C(C)(C)C(=O)Cn1ccc(C)cc1=O. The predicted octanol–water partition coefficient (Wildman–Crippen LogP) is 0.925. The van der Waals surface area contributed by atoms with Crippen molar-refractivity contribution in [2.45, 2.75) is 27.3 Å². The van der Waals surface area contributed by atoms with Crippen molar-refractivity contribution in [3.05, 3.63) is 34.2 Å². The molecule has 0 aliphatic rings. The number of carbonyl (C=O) groups excluding carboxylic acids is 2. The van der Waals surface area contributed by atoms with Crippen LogP contribution in [0.4, 0.5) is 0 Å². The Balaban J connectivity index is 2.95. The van der Waals surface area contributed by atoms with Gasteiger partial charge >= 0.3 is 5.97 Å². The summed E-state index contributed by atoms with van der Waals surface area (Å²) in [5.74, 6) is -0.965. The average Bonchev–Trinajstić information content (AvgIpc) is 2.31. The summed E-state index contributed by atoms with van der Waals surface area (Å²) in [4.78, 5) is 35.1.